The summed E-state index contributed by atoms with van der Waals surface area (Å²) in [6.45, 7) is 4.73. The molecule has 6 heteroatoms. The number of carboxylic acids is 1. The number of hydrogen-bond acceptors (Lipinski definition) is 3. The molecule has 0 aliphatic heterocycles. The van der Waals surface area contributed by atoms with Crippen molar-refractivity contribution in [3.05, 3.63) is 17.8 Å². The van der Waals surface area contributed by atoms with Gasteiger partial charge in [0.2, 0.25) is 5.91 Å². The maximum Gasteiger partial charge on any atom is 0.341 e. The Morgan fingerprint density at radius 2 is 2.00 bits per heavy atom. The highest BCUT2D eigenvalue weighted by Gasteiger charge is 2.32. The van der Waals surface area contributed by atoms with E-state index in [-0.39, 0.29) is 17.4 Å². The highest BCUT2D eigenvalue weighted by atomic mass is 16.4. The summed E-state index contributed by atoms with van der Waals surface area (Å²) >= 11 is 0. The number of hydrogen-bond donors (Lipinski definition) is 1. The van der Waals surface area contributed by atoms with Gasteiger partial charge in [0.1, 0.15) is 5.56 Å². The predicted octanol–water partition coefficient (Wildman–Crippen LogP) is 4.57. The van der Waals surface area contributed by atoms with Crippen LogP contribution in [0.3, 0.4) is 0 Å². The average Bonchev–Trinajstić information content (AvgIpc) is 3.12. The summed E-state index contributed by atoms with van der Waals surface area (Å²) in [7, 11) is 0. The van der Waals surface area contributed by atoms with Gasteiger partial charge in [0, 0.05) is 24.4 Å². The van der Waals surface area contributed by atoms with Crippen molar-refractivity contribution in [1.29, 1.82) is 0 Å². The van der Waals surface area contributed by atoms with Crippen molar-refractivity contribution in [2.75, 3.05) is 11.4 Å². The number of allylic oxidation sites excluding steroid dienone is 2. The van der Waals surface area contributed by atoms with Crippen molar-refractivity contribution >= 4 is 23.4 Å². The monoisotopic (exact) mass is 373 g/mol. The first-order valence-electron chi connectivity index (χ1n) is 10.3. The summed E-state index contributed by atoms with van der Waals surface area (Å²) in [4.78, 5) is 26.7. The molecule has 0 spiro atoms. The lowest BCUT2D eigenvalue weighted by atomic mass is 9.82. The number of rotatable bonds is 6. The standard InChI is InChI=1S/C21H31N3O3/c1-3-13-23(20(25)16-11-9-15(2)10-12-16)19-18(21(26)27)14-24(22-19)17-7-5-4-6-8-17/h7,14-16H,3-6,8-13H2,1-2H3,(H,26,27). The fourth-order valence-corrected chi connectivity index (χ4v) is 4.16. The Kier molecular flexibility index (Phi) is 6.34. The third kappa shape index (κ3) is 4.42. The SMILES string of the molecule is CCCN(C(=O)C1CCC(C)CC1)c1nn(C2=CCCCC2)cc1C(=O)O. The molecule has 27 heavy (non-hydrogen) atoms. The van der Waals surface area contributed by atoms with Gasteiger partial charge in [0.15, 0.2) is 5.82 Å². The van der Waals surface area contributed by atoms with Gasteiger partial charge in [0.05, 0.1) is 0 Å². The molecule has 1 heterocycles. The van der Waals surface area contributed by atoms with Gasteiger partial charge in [-0.05, 0) is 63.7 Å². The largest absolute Gasteiger partial charge is 0.477 e. The molecule has 2 aliphatic carbocycles. The molecule has 0 radical (unpaired) electrons. The minimum atomic E-state index is -1.03. The summed E-state index contributed by atoms with van der Waals surface area (Å²) in [5, 5.41) is 14.3. The van der Waals surface area contributed by atoms with Crippen molar-refractivity contribution < 1.29 is 14.7 Å². The molecule has 0 atom stereocenters. The number of aromatic carboxylic acids is 1. The van der Waals surface area contributed by atoms with Gasteiger partial charge in [-0.15, -0.1) is 5.10 Å². The normalized spacial score (nSPS) is 23.0. The average molecular weight is 373 g/mol. The Bertz CT molecular complexity index is 714. The molecular formula is C21H31N3O3. The lowest BCUT2D eigenvalue weighted by Crippen LogP contribution is -2.39. The van der Waals surface area contributed by atoms with Crippen LogP contribution in [0.25, 0.3) is 5.70 Å². The number of aromatic nitrogens is 2. The van der Waals surface area contributed by atoms with Gasteiger partial charge in [-0.2, -0.15) is 0 Å². The summed E-state index contributed by atoms with van der Waals surface area (Å²) in [6, 6.07) is 0. The van der Waals surface area contributed by atoms with E-state index in [1.54, 1.807) is 15.8 Å². The van der Waals surface area contributed by atoms with Gasteiger partial charge >= 0.3 is 5.97 Å². The van der Waals surface area contributed by atoms with E-state index in [1.165, 1.54) is 0 Å². The van der Waals surface area contributed by atoms with Crippen LogP contribution in [0.1, 0.15) is 82.0 Å². The zero-order valence-electron chi connectivity index (χ0n) is 16.5. The molecule has 1 saturated carbocycles. The molecule has 1 aromatic heterocycles. The zero-order valence-corrected chi connectivity index (χ0v) is 16.5. The number of amides is 1. The van der Waals surface area contributed by atoms with Crippen LogP contribution in [-0.4, -0.2) is 33.3 Å². The molecule has 1 N–H and O–H groups in total. The van der Waals surface area contributed by atoms with E-state index >= 15 is 0 Å². The molecule has 0 saturated heterocycles. The number of carboxylic acid groups (broad SMARTS) is 1. The molecule has 0 bridgehead atoms. The molecule has 1 fully saturated rings. The van der Waals surface area contributed by atoms with E-state index < -0.39 is 5.97 Å². The quantitative estimate of drug-likeness (QED) is 0.793. The second-order valence-corrected chi connectivity index (χ2v) is 8.00. The predicted molar refractivity (Wildman–Crippen MR) is 106 cm³/mol. The van der Waals surface area contributed by atoms with Gasteiger partial charge < -0.3 is 5.11 Å². The number of carbonyl (C=O) groups excluding carboxylic acids is 1. The molecule has 6 nitrogen and oxygen atoms in total. The van der Waals surface area contributed by atoms with E-state index in [0.29, 0.717) is 18.3 Å². The highest BCUT2D eigenvalue weighted by molar-refractivity contribution is 6.01. The summed E-state index contributed by atoms with van der Waals surface area (Å²) in [5.74, 6) is -0.0402. The second-order valence-electron chi connectivity index (χ2n) is 8.00. The van der Waals surface area contributed by atoms with E-state index in [4.69, 9.17) is 0 Å². The molecule has 0 unspecified atom stereocenters. The molecular weight excluding hydrogens is 342 g/mol. The molecule has 2 aliphatic rings. The third-order valence-corrected chi connectivity index (χ3v) is 5.82. The van der Waals surface area contributed by atoms with Crippen LogP contribution in [0.4, 0.5) is 5.82 Å². The van der Waals surface area contributed by atoms with Crippen LogP contribution in [0.15, 0.2) is 12.3 Å². The van der Waals surface area contributed by atoms with Crippen molar-refractivity contribution in [3.8, 4) is 0 Å². The van der Waals surface area contributed by atoms with Crippen molar-refractivity contribution in [2.24, 2.45) is 11.8 Å². The number of carbonyl (C=O) groups is 2. The van der Waals surface area contributed by atoms with Crippen molar-refractivity contribution in [2.45, 2.75) is 71.6 Å². The number of anilines is 1. The molecule has 148 valence electrons. The van der Waals surface area contributed by atoms with Crippen LogP contribution in [0.2, 0.25) is 0 Å². The van der Waals surface area contributed by atoms with Crippen LogP contribution in [-0.2, 0) is 4.79 Å². The third-order valence-electron chi connectivity index (χ3n) is 5.82. The van der Waals surface area contributed by atoms with Crippen LogP contribution in [0, 0.1) is 11.8 Å². The van der Waals surface area contributed by atoms with Crippen molar-refractivity contribution in [3.63, 3.8) is 0 Å². The van der Waals surface area contributed by atoms with Gasteiger partial charge in [-0.3, -0.25) is 9.69 Å². The lowest BCUT2D eigenvalue weighted by Gasteiger charge is -2.30. The Hall–Kier alpha value is -2.11. The Labute approximate surface area is 161 Å². The number of nitrogens with zero attached hydrogens (tertiary/aromatic N) is 3. The maximum atomic E-state index is 13.2. The highest BCUT2D eigenvalue weighted by Crippen LogP contribution is 2.32. The van der Waals surface area contributed by atoms with Crippen LogP contribution >= 0.6 is 0 Å². The molecule has 0 aromatic carbocycles. The Balaban J connectivity index is 1.91. The van der Waals surface area contributed by atoms with E-state index in [9.17, 15) is 14.7 Å². The minimum absolute atomic E-state index is 0.0200. The summed E-state index contributed by atoms with van der Waals surface area (Å²) < 4.78 is 1.68. The van der Waals surface area contributed by atoms with Crippen LogP contribution < -0.4 is 4.90 Å². The molecule has 3 rings (SSSR count). The van der Waals surface area contributed by atoms with Crippen molar-refractivity contribution in [1.82, 2.24) is 9.78 Å². The smallest absolute Gasteiger partial charge is 0.341 e. The summed E-state index contributed by atoms with van der Waals surface area (Å²) in [5.41, 5.74) is 1.15. The first-order valence-corrected chi connectivity index (χ1v) is 10.3. The van der Waals surface area contributed by atoms with E-state index in [0.717, 1.165) is 63.5 Å². The first-order chi connectivity index (χ1) is 13.0. The van der Waals surface area contributed by atoms with Gasteiger partial charge in [-0.25, -0.2) is 9.48 Å². The Morgan fingerprint density at radius 3 is 2.59 bits per heavy atom. The first kappa shape index (κ1) is 19.6. The Morgan fingerprint density at radius 1 is 1.26 bits per heavy atom. The molecule has 1 aromatic rings. The zero-order chi connectivity index (χ0) is 19.4. The van der Waals surface area contributed by atoms with E-state index in [2.05, 4.69) is 18.1 Å². The fourth-order valence-electron chi connectivity index (χ4n) is 4.16. The minimum Gasteiger partial charge on any atom is -0.477 e. The van der Waals surface area contributed by atoms with E-state index in [1.807, 2.05) is 6.92 Å². The molecule has 1 amide bonds. The van der Waals surface area contributed by atoms with Crippen LogP contribution in [0.5, 0.6) is 0 Å². The van der Waals surface area contributed by atoms with Gasteiger partial charge in [0.25, 0.3) is 0 Å². The summed E-state index contributed by atoms with van der Waals surface area (Å²) in [6.07, 6.45) is 12.5. The fraction of sp³-hybridized carbons (Fsp3) is 0.667. The van der Waals surface area contributed by atoms with Gasteiger partial charge in [-0.1, -0.05) is 19.9 Å². The lowest BCUT2D eigenvalue weighted by molar-refractivity contribution is -0.123. The second kappa shape index (κ2) is 8.72. The maximum absolute atomic E-state index is 13.2. The topological polar surface area (TPSA) is 75.4 Å².